The third-order valence-corrected chi connectivity index (χ3v) is 6.51. The van der Waals surface area contributed by atoms with Crippen LogP contribution in [0, 0.1) is 11.3 Å². The first-order valence-corrected chi connectivity index (χ1v) is 9.69. The maximum Gasteiger partial charge on any atom is 0.243 e. The first-order chi connectivity index (χ1) is 12.5. The molecule has 1 aliphatic rings. The minimum atomic E-state index is -3.68. The molecule has 26 heavy (non-hydrogen) atoms. The lowest BCUT2D eigenvalue weighted by Gasteiger charge is -2.26. The lowest BCUT2D eigenvalue weighted by molar-refractivity contribution is 0.361. The largest absolute Gasteiger partial charge is 0.497 e. The van der Waals surface area contributed by atoms with Crippen LogP contribution in [-0.2, 0) is 10.0 Å². The van der Waals surface area contributed by atoms with Crippen molar-refractivity contribution in [2.24, 2.45) is 0 Å². The Hall–Kier alpha value is -2.56. The van der Waals surface area contributed by atoms with Gasteiger partial charge in [0.1, 0.15) is 11.5 Å². The van der Waals surface area contributed by atoms with Gasteiger partial charge in [-0.1, -0.05) is 0 Å². The molecule has 2 aromatic carbocycles. The van der Waals surface area contributed by atoms with E-state index in [-0.39, 0.29) is 10.9 Å². The summed E-state index contributed by atoms with van der Waals surface area (Å²) in [4.78, 5) is 0.185. The van der Waals surface area contributed by atoms with Crippen LogP contribution < -0.4 is 9.47 Å². The summed E-state index contributed by atoms with van der Waals surface area (Å²) in [7, 11) is -0.534. The van der Waals surface area contributed by atoms with Crippen molar-refractivity contribution in [1.82, 2.24) is 4.31 Å². The second-order valence-corrected chi connectivity index (χ2v) is 7.91. The maximum atomic E-state index is 13.1. The monoisotopic (exact) mass is 372 g/mol. The zero-order valence-corrected chi connectivity index (χ0v) is 15.5. The number of nitriles is 1. The molecule has 0 aliphatic carbocycles. The first kappa shape index (κ1) is 18.2. The van der Waals surface area contributed by atoms with Crippen molar-refractivity contribution in [3.05, 3.63) is 53.6 Å². The summed E-state index contributed by atoms with van der Waals surface area (Å²) in [5.41, 5.74) is 1.22. The Morgan fingerprint density at radius 1 is 1.12 bits per heavy atom. The van der Waals surface area contributed by atoms with Gasteiger partial charge in [0.2, 0.25) is 10.0 Å². The quantitative estimate of drug-likeness (QED) is 0.806. The summed E-state index contributed by atoms with van der Waals surface area (Å²) in [6, 6.07) is 13.1. The fourth-order valence-corrected chi connectivity index (χ4v) is 4.95. The average Bonchev–Trinajstić information content (AvgIpc) is 3.18. The van der Waals surface area contributed by atoms with Crippen LogP contribution in [0.25, 0.3) is 0 Å². The first-order valence-electron chi connectivity index (χ1n) is 8.25. The molecule has 0 N–H and O–H groups in total. The smallest absolute Gasteiger partial charge is 0.243 e. The lowest BCUT2D eigenvalue weighted by Crippen LogP contribution is -2.31. The van der Waals surface area contributed by atoms with E-state index in [0.29, 0.717) is 30.0 Å². The number of ether oxygens (including phenoxy) is 2. The highest BCUT2D eigenvalue weighted by atomic mass is 32.2. The van der Waals surface area contributed by atoms with Gasteiger partial charge in [0, 0.05) is 12.1 Å². The molecule has 1 unspecified atom stereocenters. The standard InChI is InChI=1S/C19H20N2O4S/c1-24-15-7-10-19(25-2)17(12-15)18-4-3-11-21(18)26(22,23)16-8-5-14(13-20)6-9-16/h5-10,12,18H,3-4,11H2,1-2H3. The van der Waals surface area contributed by atoms with Gasteiger partial charge in [0.15, 0.2) is 0 Å². The third kappa shape index (κ3) is 3.26. The molecule has 0 bridgehead atoms. The highest BCUT2D eigenvalue weighted by Crippen LogP contribution is 2.41. The summed E-state index contributed by atoms with van der Waals surface area (Å²) in [5, 5.41) is 8.90. The lowest BCUT2D eigenvalue weighted by atomic mass is 10.0. The van der Waals surface area contributed by atoms with Crippen molar-refractivity contribution >= 4 is 10.0 Å². The van der Waals surface area contributed by atoms with E-state index in [2.05, 4.69) is 0 Å². The van der Waals surface area contributed by atoms with E-state index in [0.717, 1.165) is 12.0 Å². The van der Waals surface area contributed by atoms with Gasteiger partial charge in [0.05, 0.1) is 36.8 Å². The van der Waals surface area contributed by atoms with Gasteiger partial charge < -0.3 is 9.47 Å². The summed E-state index contributed by atoms with van der Waals surface area (Å²) in [6.45, 7) is 0.438. The number of benzene rings is 2. The van der Waals surface area contributed by atoms with E-state index in [4.69, 9.17) is 14.7 Å². The van der Waals surface area contributed by atoms with E-state index in [1.165, 1.54) is 28.6 Å². The highest BCUT2D eigenvalue weighted by Gasteiger charge is 2.37. The normalized spacial score (nSPS) is 17.7. The van der Waals surface area contributed by atoms with Crippen molar-refractivity contribution in [2.45, 2.75) is 23.8 Å². The number of hydrogen-bond donors (Lipinski definition) is 0. The zero-order valence-electron chi connectivity index (χ0n) is 14.7. The van der Waals surface area contributed by atoms with Gasteiger partial charge >= 0.3 is 0 Å². The molecule has 6 nitrogen and oxygen atoms in total. The number of sulfonamides is 1. The van der Waals surface area contributed by atoms with Gasteiger partial charge in [-0.3, -0.25) is 0 Å². The zero-order chi connectivity index (χ0) is 18.7. The molecular formula is C19H20N2O4S. The van der Waals surface area contributed by atoms with Crippen LogP contribution in [0.4, 0.5) is 0 Å². The molecule has 0 saturated carbocycles. The number of nitrogens with zero attached hydrogens (tertiary/aromatic N) is 2. The second kappa shape index (κ2) is 7.36. The minimum Gasteiger partial charge on any atom is -0.497 e. The van der Waals surface area contributed by atoms with Crippen LogP contribution in [0.1, 0.15) is 30.0 Å². The van der Waals surface area contributed by atoms with Crippen molar-refractivity contribution in [1.29, 1.82) is 5.26 Å². The van der Waals surface area contributed by atoms with Crippen LogP contribution in [0.5, 0.6) is 11.5 Å². The summed E-state index contributed by atoms with van der Waals surface area (Å²) in [5.74, 6) is 1.29. The topological polar surface area (TPSA) is 79.6 Å². The van der Waals surface area contributed by atoms with Crippen molar-refractivity contribution < 1.29 is 17.9 Å². The molecule has 1 fully saturated rings. The van der Waals surface area contributed by atoms with Gasteiger partial charge in [-0.15, -0.1) is 0 Å². The Labute approximate surface area is 153 Å². The minimum absolute atomic E-state index is 0.185. The van der Waals surface area contributed by atoms with Crippen molar-refractivity contribution in [3.63, 3.8) is 0 Å². The summed E-state index contributed by atoms with van der Waals surface area (Å²) < 4.78 is 38.5. The molecule has 3 rings (SSSR count). The predicted octanol–water partition coefficient (Wildman–Crippen LogP) is 3.10. The van der Waals surface area contributed by atoms with Gasteiger partial charge in [-0.2, -0.15) is 9.57 Å². The Bertz CT molecular complexity index is 933. The van der Waals surface area contributed by atoms with Crippen LogP contribution in [0.3, 0.4) is 0 Å². The van der Waals surface area contributed by atoms with Crippen molar-refractivity contribution in [3.8, 4) is 17.6 Å². The molecule has 1 heterocycles. The molecule has 1 aliphatic heterocycles. The average molecular weight is 372 g/mol. The molecule has 0 amide bonds. The third-order valence-electron chi connectivity index (χ3n) is 4.59. The van der Waals surface area contributed by atoms with E-state index in [1.54, 1.807) is 26.4 Å². The van der Waals surface area contributed by atoms with E-state index in [1.807, 2.05) is 12.1 Å². The SMILES string of the molecule is COc1ccc(OC)c(C2CCCN2S(=O)(=O)c2ccc(C#N)cc2)c1. The molecule has 0 radical (unpaired) electrons. The molecule has 0 spiro atoms. The predicted molar refractivity (Wildman–Crippen MR) is 96.6 cm³/mol. The Kier molecular flexibility index (Phi) is 5.16. The molecule has 1 saturated heterocycles. The Morgan fingerprint density at radius 2 is 1.85 bits per heavy atom. The van der Waals surface area contributed by atoms with Gasteiger partial charge in [0.25, 0.3) is 0 Å². The summed E-state index contributed by atoms with van der Waals surface area (Å²) >= 11 is 0. The molecule has 0 aromatic heterocycles. The van der Waals surface area contributed by atoms with Gasteiger partial charge in [-0.25, -0.2) is 8.42 Å². The van der Waals surface area contributed by atoms with E-state index >= 15 is 0 Å². The van der Waals surface area contributed by atoms with E-state index in [9.17, 15) is 8.42 Å². The van der Waals surface area contributed by atoms with E-state index < -0.39 is 10.0 Å². The molecule has 136 valence electrons. The number of rotatable bonds is 5. The number of methoxy groups -OCH3 is 2. The Morgan fingerprint density at radius 3 is 2.46 bits per heavy atom. The molecule has 7 heteroatoms. The summed E-state index contributed by atoms with van der Waals surface area (Å²) in [6.07, 6.45) is 1.47. The Balaban J connectivity index is 2.01. The van der Waals surface area contributed by atoms with Crippen LogP contribution in [0.15, 0.2) is 47.4 Å². The molecule has 1 atom stereocenters. The highest BCUT2D eigenvalue weighted by molar-refractivity contribution is 7.89. The van der Waals surface area contributed by atoms with Gasteiger partial charge in [-0.05, 0) is 55.3 Å². The van der Waals surface area contributed by atoms with Crippen LogP contribution in [-0.4, -0.2) is 33.5 Å². The van der Waals surface area contributed by atoms with Crippen LogP contribution >= 0.6 is 0 Å². The fraction of sp³-hybridized carbons (Fsp3) is 0.316. The number of hydrogen-bond acceptors (Lipinski definition) is 5. The second-order valence-electron chi connectivity index (χ2n) is 6.02. The maximum absolute atomic E-state index is 13.1. The molecular weight excluding hydrogens is 352 g/mol. The fourth-order valence-electron chi connectivity index (χ4n) is 3.28. The molecule has 2 aromatic rings. The van der Waals surface area contributed by atoms with Crippen LogP contribution in [0.2, 0.25) is 0 Å². The van der Waals surface area contributed by atoms with Crippen molar-refractivity contribution in [2.75, 3.05) is 20.8 Å².